The van der Waals surface area contributed by atoms with E-state index in [2.05, 4.69) is 4.74 Å². The van der Waals surface area contributed by atoms with Crippen LogP contribution in [0.25, 0.3) is 0 Å². The van der Waals surface area contributed by atoms with Gasteiger partial charge in [-0.1, -0.05) is 0 Å². The highest BCUT2D eigenvalue weighted by Crippen LogP contribution is 2.23. The molecule has 0 saturated carbocycles. The Labute approximate surface area is 56.6 Å². The molecule has 1 aliphatic heterocycles. The van der Waals surface area contributed by atoms with Crippen LogP contribution in [0.3, 0.4) is 0 Å². The summed E-state index contributed by atoms with van der Waals surface area (Å²) in [4.78, 5) is 0. The molecule has 0 spiro atoms. The second-order valence-corrected chi connectivity index (χ2v) is 2.13. The Hall–Kier alpha value is -0.240. The van der Waals surface area contributed by atoms with Crippen molar-refractivity contribution in [1.29, 1.82) is 0 Å². The molecule has 62 valence electrons. The van der Waals surface area contributed by atoms with Gasteiger partial charge in [-0.25, -0.2) is 0 Å². The summed E-state index contributed by atoms with van der Waals surface area (Å²) >= 11 is 0. The molecule has 1 rings (SSSR count). The van der Waals surface area contributed by atoms with Crippen LogP contribution >= 0.6 is 0 Å². The molecule has 1 aliphatic rings. The third-order valence-electron chi connectivity index (χ3n) is 1.25. The highest BCUT2D eigenvalue weighted by molar-refractivity contribution is 4.86. The van der Waals surface area contributed by atoms with Gasteiger partial charge < -0.3 is 30.6 Å². The first-order valence-electron chi connectivity index (χ1n) is 2.43. The van der Waals surface area contributed by atoms with Crippen molar-refractivity contribution < 1.29 is 30.6 Å². The van der Waals surface area contributed by atoms with Crippen LogP contribution in [-0.4, -0.2) is 50.7 Å². The lowest BCUT2D eigenvalue weighted by Gasteiger charge is -2.24. The molecule has 6 nitrogen and oxygen atoms in total. The zero-order chi connectivity index (χ0) is 7.12. The minimum atomic E-state index is -2.52. The fraction of sp³-hybridized carbons (Fsp3) is 1.00. The molecule has 0 aliphatic carbocycles. The predicted molar refractivity (Wildman–Crippen MR) is 28.8 cm³/mol. The van der Waals surface area contributed by atoms with Gasteiger partial charge in [0.05, 0.1) is 0 Å². The van der Waals surface area contributed by atoms with E-state index in [1.54, 1.807) is 0 Å². The standard InChI is InChI=1S/C4H8O5.H2O/c5-3(6)1-9-2-4(3,7)8;/h5-8H,1-2H2;1H2. The van der Waals surface area contributed by atoms with Gasteiger partial charge in [0.1, 0.15) is 13.2 Å². The van der Waals surface area contributed by atoms with Crippen LogP contribution in [0.4, 0.5) is 0 Å². The maximum atomic E-state index is 8.65. The molecule has 0 unspecified atom stereocenters. The van der Waals surface area contributed by atoms with Gasteiger partial charge in [-0.05, 0) is 0 Å². The molecule has 0 amide bonds. The van der Waals surface area contributed by atoms with Crippen LogP contribution in [0.1, 0.15) is 0 Å². The molecule has 10 heavy (non-hydrogen) atoms. The lowest BCUT2D eigenvalue weighted by Crippen LogP contribution is -2.53. The fourth-order valence-electron chi connectivity index (χ4n) is 0.567. The summed E-state index contributed by atoms with van der Waals surface area (Å²) in [6.07, 6.45) is 0. The largest absolute Gasteiger partial charge is 0.412 e. The van der Waals surface area contributed by atoms with Crippen molar-refractivity contribution in [2.24, 2.45) is 0 Å². The van der Waals surface area contributed by atoms with E-state index >= 15 is 0 Å². The molecule has 6 N–H and O–H groups in total. The molecular formula is C4H10O6. The van der Waals surface area contributed by atoms with E-state index in [1.807, 2.05) is 0 Å². The van der Waals surface area contributed by atoms with Crippen LogP contribution in [-0.2, 0) is 4.74 Å². The zero-order valence-corrected chi connectivity index (χ0v) is 5.11. The number of rotatable bonds is 0. The molecule has 6 heteroatoms. The average Bonchev–Trinajstić information content (AvgIpc) is 1.81. The van der Waals surface area contributed by atoms with Gasteiger partial charge in [0.15, 0.2) is 0 Å². The molecule has 1 saturated heterocycles. The number of ether oxygens (including phenoxy) is 1. The number of aliphatic hydroxyl groups is 4. The minimum Gasteiger partial charge on any atom is -0.412 e. The number of hydrogen-bond donors (Lipinski definition) is 4. The lowest BCUT2D eigenvalue weighted by atomic mass is 10.1. The van der Waals surface area contributed by atoms with Crippen molar-refractivity contribution in [2.45, 2.75) is 11.6 Å². The van der Waals surface area contributed by atoms with E-state index in [0.717, 1.165) is 0 Å². The second-order valence-electron chi connectivity index (χ2n) is 2.13. The van der Waals surface area contributed by atoms with Crippen molar-refractivity contribution in [2.75, 3.05) is 13.2 Å². The molecule has 0 atom stereocenters. The molecule has 0 aromatic heterocycles. The van der Waals surface area contributed by atoms with Crippen LogP contribution < -0.4 is 0 Å². The SMILES string of the molecule is O.OC1(O)COCC1(O)O. The van der Waals surface area contributed by atoms with E-state index in [-0.39, 0.29) is 5.48 Å². The smallest absolute Gasteiger partial charge is 0.245 e. The molecule has 0 bridgehead atoms. The zero-order valence-electron chi connectivity index (χ0n) is 5.11. The Bertz CT molecular complexity index is 105. The summed E-state index contributed by atoms with van der Waals surface area (Å²) in [5.74, 6) is -5.04. The quantitative estimate of drug-likeness (QED) is 0.270. The van der Waals surface area contributed by atoms with Gasteiger partial charge in [-0.15, -0.1) is 0 Å². The van der Waals surface area contributed by atoms with Gasteiger partial charge in [0, 0.05) is 0 Å². The van der Waals surface area contributed by atoms with Gasteiger partial charge in [0.25, 0.3) is 0 Å². The highest BCUT2D eigenvalue weighted by atomic mass is 16.7. The first-order chi connectivity index (χ1) is 3.96. The topological polar surface area (TPSA) is 122 Å². The first-order valence-corrected chi connectivity index (χ1v) is 2.43. The summed E-state index contributed by atoms with van der Waals surface area (Å²) < 4.78 is 4.38. The number of hydrogen-bond acceptors (Lipinski definition) is 5. The molecule has 1 heterocycles. The van der Waals surface area contributed by atoms with Gasteiger partial charge in [-0.3, -0.25) is 0 Å². The van der Waals surface area contributed by atoms with Crippen molar-refractivity contribution in [3.63, 3.8) is 0 Å². The van der Waals surface area contributed by atoms with Crippen molar-refractivity contribution in [3.05, 3.63) is 0 Å². The van der Waals surface area contributed by atoms with E-state index in [4.69, 9.17) is 20.4 Å². The van der Waals surface area contributed by atoms with Gasteiger partial charge in [0.2, 0.25) is 11.6 Å². The van der Waals surface area contributed by atoms with Crippen molar-refractivity contribution >= 4 is 0 Å². The van der Waals surface area contributed by atoms with E-state index in [1.165, 1.54) is 0 Å². The summed E-state index contributed by atoms with van der Waals surface area (Å²) in [5.41, 5.74) is 0. The monoisotopic (exact) mass is 154 g/mol. The maximum absolute atomic E-state index is 8.65. The van der Waals surface area contributed by atoms with Crippen LogP contribution in [0.2, 0.25) is 0 Å². The van der Waals surface area contributed by atoms with Crippen molar-refractivity contribution in [1.82, 2.24) is 0 Å². The summed E-state index contributed by atoms with van der Waals surface area (Å²) in [7, 11) is 0. The van der Waals surface area contributed by atoms with Crippen LogP contribution in [0.5, 0.6) is 0 Å². The Morgan fingerprint density at radius 1 is 0.900 bits per heavy atom. The molecule has 0 radical (unpaired) electrons. The van der Waals surface area contributed by atoms with Gasteiger partial charge in [-0.2, -0.15) is 0 Å². The Balaban J connectivity index is 0.000000810. The highest BCUT2D eigenvalue weighted by Gasteiger charge is 2.52. The van der Waals surface area contributed by atoms with Gasteiger partial charge >= 0.3 is 0 Å². The maximum Gasteiger partial charge on any atom is 0.245 e. The molecule has 1 fully saturated rings. The Kier molecular flexibility index (Phi) is 2.36. The molecule has 0 aromatic carbocycles. The summed E-state index contributed by atoms with van der Waals surface area (Å²) in [6.45, 7) is -0.944. The summed E-state index contributed by atoms with van der Waals surface area (Å²) in [6, 6.07) is 0. The molecule has 0 aromatic rings. The summed E-state index contributed by atoms with van der Waals surface area (Å²) in [5, 5.41) is 34.6. The van der Waals surface area contributed by atoms with E-state index < -0.39 is 24.8 Å². The predicted octanol–water partition coefficient (Wildman–Crippen LogP) is -3.45. The van der Waals surface area contributed by atoms with Crippen LogP contribution in [0, 0.1) is 0 Å². The molecular weight excluding hydrogens is 144 g/mol. The first kappa shape index (κ1) is 9.76. The third-order valence-corrected chi connectivity index (χ3v) is 1.25. The third kappa shape index (κ3) is 1.26. The Morgan fingerprint density at radius 3 is 1.30 bits per heavy atom. The van der Waals surface area contributed by atoms with Crippen molar-refractivity contribution in [3.8, 4) is 0 Å². The van der Waals surface area contributed by atoms with Crippen LogP contribution in [0.15, 0.2) is 0 Å². The van der Waals surface area contributed by atoms with E-state index in [0.29, 0.717) is 0 Å². The normalized spacial score (nSPS) is 27.6. The lowest BCUT2D eigenvalue weighted by molar-refractivity contribution is -0.328. The minimum absolute atomic E-state index is 0. The average molecular weight is 154 g/mol. The van der Waals surface area contributed by atoms with E-state index in [9.17, 15) is 0 Å². The second kappa shape index (κ2) is 2.42. The Morgan fingerprint density at radius 2 is 1.20 bits per heavy atom. The fourth-order valence-corrected chi connectivity index (χ4v) is 0.567.